The lowest BCUT2D eigenvalue weighted by atomic mass is 10.0. The summed E-state index contributed by atoms with van der Waals surface area (Å²) in [6, 6.07) is 11.2. The summed E-state index contributed by atoms with van der Waals surface area (Å²) in [4.78, 5) is 62.6. The normalized spacial score (nSPS) is 17.2. The van der Waals surface area contributed by atoms with E-state index in [1.807, 2.05) is 31.2 Å². The number of imide groups is 2. The van der Waals surface area contributed by atoms with Crippen LogP contribution in [0.1, 0.15) is 52.0 Å². The number of urea groups is 1. The van der Waals surface area contributed by atoms with Gasteiger partial charge in [-0.2, -0.15) is 0 Å². The van der Waals surface area contributed by atoms with Crippen LogP contribution in [0.15, 0.2) is 42.5 Å². The number of nitrogens with one attached hydrogen (secondary N) is 4. The molecule has 2 heterocycles. The van der Waals surface area contributed by atoms with E-state index < -0.39 is 29.7 Å². The minimum Gasteiger partial charge on any atom is -0.384 e. The average Bonchev–Trinajstić information content (AvgIpc) is 3.08. The number of para-hydroxylation sites is 1. The van der Waals surface area contributed by atoms with Crippen molar-refractivity contribution in [3.8, 4) is 0 Å². The van der Waals surface area contributed by atoms with Crippen LogP contribution in [0, 0.1) is 6.92 Å². The third-order valence-corrected chi connectivity index (χ3v) is 6.07. The van der Waals surface area contributed by atoms with Crippen LogP contribution in [0.2, 0.25) is 0 Å². The predicted octanol–water partition coefficient (Wildman–Crippen LogP) is 2.41. The molecular formula is C25H27N5O5. The maximum absolute atomic E-state index is 13.1. The van der Waals surface area contributed by atoms with Gasteiger partial charge in [0.05, 0.1) is 11.1 Å². The van der Waals surface area contributed by atoms with E-state index in [4.69, 9.17) is 0 Å². The number of nitrogens with zero attached hydrogens (tertiary/aromatic N) is 1. The third-order valence-electron chi connectivity index (χ3n) is 6.07. The summed E-state index contributed by atoms with van der Waals surface area (Å²) < 4.78 is 0. The molecule has 1 saturated heterocycles. The number of rotatable bonds is 8. The number of benzene rings is 2. The Kier molecular flexibility index (Phi) is 7.09. The van der Waals surface area contributed by atoms with E-state index in [0.29, 0.717) is 31.6 Å². The Labute approximate surface area is 202 Å². The van der Waals surface area contributed by atoms with Crippen LogP contribution in [-0.4, -0.2) is 53.7 Å². The Hall–Kier alpha value is -4.21. The molecule has 0 bridgehead atoms. The van der Waals surface area contributed by atoms with Gasteiger partial charge in [-0.25, -0.2) is 4.79 Å². The summed E-state index contributed by atoms with van der Waals surface area (Å²) in [6.45, 7) is 2.93. The van der Waals surface area contributed by atoms with Crippen molar-refractivity contribution in [2.75, 3.05) is 23.7 Å². The summed E-state index contributed by atoms with van der Waals surface area (Å²) in [6.07, 6.45) is 1.61. The first-order valence-corrected chi connectivity index (χ1v) is 11.6. The van der Waals surface area contributed by atoms with Crippen LogP contribution < -0.4 is 21.3 Å². The SMILES string of the molecule is Cc1ccccc1NC(=O)NCCCCNc1cccc2c1C(=O)N(C1CCC(=O)NC1=O)C2=O. The highest BCUT2D eigenvalue weighted by molar-refractivity contribution is 6.25. The van der Waals surface area contributed by atoms with Crippen molar-refractivity contribution >= 4 is 41.0 Å². The predicted molar refractivity (Wildman–Crippen MR) is 129 cm³/mol. The van der Waals surface area contributed by atoms with Crippen molar-refractivity contribution in [2.45, 2.75) is 38.6 Å². The summed E-state index contributed by atoms with van der Waals surface area (Å²) in [5.41, 5.74) is 2.72. The van der Waals surface area contributed by atoms with Crippen LogP contribution in [-0.2, 0) is 9.59 Å². The largest absolute Gasteiger partial charge is 0.384 e. The first kappa shape index (κ1) is 23.9. The summed E-state index contributed by atoms with van der Waals surface area (Å²) >= 11 is 0. The quantitative estimate of drug-likeness (QED) is 0.340. The Bertz CT molecular complexity index is 1190. The molecule has 1 fully saturated rings. The second-order valence-electron chi connectivity index (χ2n) is 8.51. The van der Waals surface area contributed by atoms with Gasteiger partial charge in [0, 0.05) is 30.9 Å². The lowest BCUT2D eigenvalue weighted by Gasteiger charge is -2.27. The maximum atomic E-state index is 13.1. The van der Waals surface area contributed by atoms with Gasteiger partial charge in [-0.15, -0.1) is 0 Å². The molecule has 2 aromatic carbocycles. The summed E-state index contributed by atoms with van der Waals surface area (Å²) in [7, 11) is 0. The molecule has 0 spiro atoms. The lowest BCUT2D eigenvalue weighted by Crippen LogP contribution is -2.54. The van der Waals surface area contributed by atoms with Gasteiger partial charge >= 0.3 is 6.03 Å². The second kappa shape index (κ2) is 10.4. The summed E-state index contributed by atoms with van der Waals surface area (Å²) in [5, 5.41) is 11.0. The van der Waals surface area contributed by atoms with Crippen LogP contribution in [0.3, 0.4) is 0 Å². The Morgan fingerprint density at radius 2 is 1.71 bits per heavy atom. The van der Waals surface area contributed by atoms with Gasteiger partial charge in [0.25, 0.3) is 11.8 Å². The number of unbranched alkanes of at least 4 members (excludes halogenated alkanes) is 1. The number of carbonyl (C=O) groups excluding carboxylic acids is 5. The van der Waals surface area contributed by atoms with E-state index in [9.17, 15) is 24.0 Å². The molecule has 6 amide bonds. The van der Waals surface area contributed by atoms with Crippen LogP contribution in [0.4, 0.5) is 16.2 Å². The van der Waals surface area contributed by atoms with E-state index in [1.165, 1.54) is 0 Å². The van der Waals surface area contributed by atoms with Gasteiger partial charge in [-0.3, -0.25) is 29.4 Å². The molecule has 0 radical (unpaired) electrons. The number of aryl methyl sites for hydroxylation is 1. The first-order valence-electron chi connectivity index (χ1n) is 11.6. The van der Waals surface area contributed by atoms with Crippen molar-refractivity contribution in [3.63, 3.8) is 0 Å². The van der Waals surface area contributed by atoms with E-state index >= 15 is 0 Å². The Morgan fingerprint density at radius 1 is 0.971 bits per heavy atom. The monoisotopic (exact) mass is 477 g/mol. The zero-order valence-corrected chi connectivity index (χ0v) is 19.3. The van der Waals surface area contributed by atoms with Crippen molar-refractivity contribution in [3.05, 3.63) is 59.2 Å². The molecule has 0 saturated carbocycles. The van der Waals surface area contributed by atoms with Crippen LogP contribution in [0.5, 0.6) is 0 Å². The number of hydrogen-bond donors (Lipinski definition) is 4. The van der Waals surface area contributed by atoms with E-state index in [-0.39, 0.29) is 30.0 Å². The number of amides is 6. The highest BCUT2D eigenvalue weighted by atomic mass is 16.2. The fourth-order valence-electron chi connectivity index (χ4n) is 4.22. The molecule has 1 unspecified atom stereocenters. The zero-order chi connectivity index (χ0) is 24.9. The van der Waals surface area contributed by atoms with Crippen molar-refractivity contribution in [1.29, 1.82) is 0 Å². The highest BCUT2D eigenvalue weighted by Crippen LogP contribution is 2.32. The highest BCUT2D eigenvalue weighted by Gasteiger charge is 2.45. The van der Waals surface area contributed by atoms with E-state index in [0.717, 1.165) is 16.2 Å². The van der Waals surface area contributed by atoms with E-state index in [2.05, 4.69) is 21.3 Å². The minimum absolute atomic E-state index is 0.0753. The molecule has 2 aliphatic heterocycles. The number of piperidine rings is 1. The van der Waals surface area contributed by atoms with Gasteiger partial charge in [-0.1, -0.05) is 24.3 Å². The van der Waals surface area contributed by atoms with Gasteiger partial charge < -0.3 is 16.0 Å². The van der Waals surface area contributed by atoms with Gasteiger partial charge in [0.15, 0.2) is 0 Å². The Balaban J connectivity index is 1.28. The molecule has 4 rings (SSSR count). The molecule has 35 heavy (non-hydrogen) atoms. The molecule has 2 aliphatic rings. The van der Waals surface area contributed by atoms with Gasteiger partial charge in [0.2, 0.25) is 11.8 Å². The third kappa shape index (κ3) is 5.16. The fourth-order valence-corrected chi connectivity index (χ4v) is 4.22. The number of fused-ring (bicyclic) bond motifs is 1. The van der Waals surface area contributed by atoms with Crippen molar-refractivity contribution < 1.29 is 24.0 Å². The van der Waals surface area contributed by atoms with Gasteiger partial charge in [-0.05, 0) is 49.9 Å². The van der Waals surface area contributed by atoms with Crippen molar-refractivity contribution in [1.82, 2.24) is 15.5 Å². The molecule has 2 aromatic rings. The van der Waals surface area contributed by atoms with Gasteiger partial charge in [0.1, 0.15) is 6.04 Å². The van der Waals surface area contributed by atoms with Crippen molar-refractivity contribution in [2.24, 2.45) is 0 Å². The topological polar surface area (TPSA) is 137 Å². The zero-order valence-electron chi connectivity index (χ0n) is 19.3. The molecular weight excluding hydrogens is 450 g/mol. The fraction of sp³-hybridized carbons (Fsp3) is 0.320. The minimum atomic E-state index is -0.996. The Morgan fingerprint density at radius 3 is 2.49 bits per heavy atom. The maximum Gasteiger partial charge on any atom is 0.319 e. The molecule has 10 heteroatoms. The number of anilines is 2. The second-order valence-corrected chi connectivity index (χ2v) is 8.51. The molecule has 1 atom stereocenters. The van der Waals surface area contributed by atoms with Crippen LogP contribution >= 0.6 is 0 Å². The standard InChI is InChI=1S/C25H27N5O5/c1-15-7-2-3-9-17(15)28-25(35)27-14-5-4-13-26-18-10-6-8-16-21(18)24(34)30(23(16)33)19-11-12-20(31)29-22(19)32/h2-3,6-10,19,26H,4-5,11-14H2,1H3,(H2,27,28,35)(H,29,31,32). The molecule has 4 N–H and O–H groups in total. The molecule has 0 aliphatic carbocycles. The average molecular weight is 478 g/mol. The smallest absolute Gasteiger partial charge is 0.319 e. The molecule has 182 valence electrons. The first-order chi connectivity index (χ1) is 16.9. The lowest BCUT2D eigenvalue weighted by molar-refractivity contribution is -0.136. The molecule has 10 nitrogen and oxygen atoms in total. The number of carbonyl (C=O) groups is 5. The number of hydrogen-bond acceptors (Lipinski definition) is 6. The van der Waals surface area contributed by atoms with E-state index in [1.54, 1.807) is 18.2 Å². The summed E-state index contributed by atoms with van der Waals surface area (Å²) in [5.74, 6) is -2.12. The van der Waals surface area contributed by atoms with Crippen LogP contribution in [0.25, 0.3) is 0 Å². The molecule has 0 aromatic heterocycles.